The Hall–Kier alpha value is -1.39. The van der Waals surface area contributed by atoms with Crippen molar-refractivity contribution in [2.75, 3.05) is 18.4 Å². The lowest BCUT2D eigenvalue weighted by Gasteiger charge is -2.06. The molecule has 1 aliphatic rings. The van der Waals surface area contributed by atoms with Crippen molar-refractivity contribution in [2.45, 2.75) is 12.8 Å². The first-order valence-corrected chi connectivity index (χ1v) is 7.17. The molecule has 0 unspecified atom stereocenters. The minimum Gasteiger partial charge on any atom is -0.325 e. The van der Waals surface area contributed by atoms with Gasteiger partial charge in [-0.25, -0.2) is 0 Å². The van der Waals surface area contributed by atoms with E-state index in [0.29, 0.717) is 6.54 Å². The molecular weight excluding hydrogens is 244 g/mol. The largest absolute Gasteiger partial charge is 0.325 e. The Labute approximate surface area is 110 Å². The molecule has 4 heteroatoms. The molecule has 2 N–H and O–H groups in total. The number of rotatable bonds is 5. The highest BCUT2D eigenvalue weighted by Crippen LogP contribution is 2.27. The molecule has 1 saturated carbocycles. The van der Waals surface area contributed by atoms with Crippen LogP contribution < -0.4 is 10.6 Å². The molecule has 1 fully saturated rings. The van der Waals surface area contributed by atoms with Gasteiger partial charge in [0.15, 0.2) is 0 Å². The van der Waals surface area contributed by atoms with Gasteiger partial charge in [-0.05, 0) is 60.3 Å². The molecule has 3 rings (SSSR count). The number of anilines is 1. The van der Waals surface area contributed by atoms with Crippen LogP contribution in [0.2, 0.25) is 0 Å². The van der Waals surface area contributed by atoms with Crippen molar-refractivity contribution in [1.82, 2.24) is 5.32 Å². The number of hydrogen-bond acceptors (Lipinski definition) is 3. The fourth-order valence-electron chi connectivity index (χ4n) is 1.96. The number of benzene rings is 1. The van der Waals surface area contributed by atoms with E-state index < -0.39 is 0 Å². The molecule has 0 spiro atoms. The maximum Gasteiger partial charge on any atom is 0.238 e. The molecule has 0 aliphatic heterocycles. The van der Waals surface area contributed by atoms with Crippen molar-refractivity contribution in [1.29, 1.82) is 0 Å². The summed E-state index contributed by atoms with van der Waals surface area (Å²) in [6.07, 6.45) is 2.62. The van der Waals surface area contributed by atoms with Gasteiger partial charge in [0.2, 0.25) is 5.91 Å². The molecule has 0 saturated heterocycles. The van der Waals surface area contributed by atoms with E-state index in [1.165, 1.54) is 22.9 Å². The zero-order valence-electron chi connectivity index (χ0n) is 10.1. The van der Waals surface area contributed by atoms with Gasteiger partial charge in [-0.1, -0.05) is 0 Å². The molecule has 1 aromatic carbocycles. The minimum atomic E-state index is 0.0326. The molecule has 3 nitrogen and oxygen atoms in total. The Morgan fingerprint density at radius 3 is 3.06 bits per heavy atom. The van der Waals surface area contributed by atoms with E-state index in [2.05, 4.69) is 22.1 Å². The Morgan fingerprint density at radius 2 is 2.22 bits per heavy atom. The second-order valence-corrected chi connectivity index (χ2v) is 5.74. The van der Waals surface area contributed by atoms with Gasteiger partial charge >= 0.3 is 0 Å². The van der Waals surface area contributed by atoms with Gasteiger partial charge in [-0.3, -0.25) is 4.79 Å². The van der Waals surface area contributed by atoms with Crippen LogP contribution in [0.1, 0.15) is 12.8 Å². The highest BCUT2D eigenvalue weighted by atomic mass is 32.1. The van der Waals surface area contributed by atoms with Gasteiger partial charge in [0.25, 0.3) is 0 Å². The molecule has 0 radical (unpaired) electrons. The minimum absolute atomic E-state index is 0.0326. The van der Waals surface area contributed by atoms with Crippen LogP contribution in [0.3, 0.4) is 0 Å². The van der Waals surface area contributed by atoms with E-state index >= 15 is 0 Å². The molecule has 2 aromatic rings. The first-order valence-electron chi connectivity index (χ1n) is 6.29. The van der Waals surface area contributed by atoms with Gasteiger partial charge in [-0.15, -0.1) is 11.3 Å². The summed E-state index contributed by atoms with van der Waals surface area (Å²) in [6, 6.07) is 8.09. The molecule has 0 atom stereocenters. The Morgan fingerprint density at radius 1 is 1.33 bits per heavy atom. The first-order chi connectivity index (χ1) is 8.81. The molecule has 1 aliphatic carbocycles. The number of thiophene rings is 1. The summed E-state index contributed by atoms with van der Waals surface area (Å²) in [7, 11) is 0. The summed E-state index contributed by atoms with van der Waals surface area (Å²) in [6.45, 7) is 1.37. The number of carbonyl (C=O) groups is 1. The maximum atomic E-state index is 11.7. The van der Waals surface area contributed by atoms with Crippen molar-refractivity contribution < 1.29 is 4.79 Å². The fraction of sp³-hybridized carbons (Fsp3) is 0.357. The van der Waals surface area contributed by atoms with Crippen molar-refractivity contribution in [3.05, 3.63) is 29.6 Å². The summed E-state index contributed by atoms with van der Waals surface area (Å²) >= 11 is 1.71. The summed E-state index contributed by atoms with van der Waals surface area (Å²) in [5.41, 5.74) is 0.874. The summed E-state index contributed by atoms with van der Waals surface area (Å²) < 4.78 is 1.25. The second kappa shape index (κ2) is 5.08. The number of nitrogens with one attached hydrogen (secondary N) is 2. The van der Waals surface area contributed by atoms with Crippen molar-refractivity contribution in [2.24, 2.45) is 5.92 Å². The van der Waals surface area contributed by atoms with Crippen LogP contribution >= 0.6 is 11.3 Å². The standard InChI is InChI=1S/C14H16N2OS/c17-14(9-15-8-10-1-2-10)16-12-3-4-13-11(7-12)5-6-18-13/h3-7,10,15H,1-2,8-9H2,(H,16,17). The number of carbonyl (C=O) groups excluding carboxylic acids is 1. The van der Waals surface area contributed by atoms with Crippen LogP contribution in [0.5, 0.6) is 0 Å². The van der Waals surface area contributed by atoms with E-state index in [-0.39, 0.29) is 5.91 Å². The summed E-state index contributed by atoms with van der Waals surface area (Å²) in [5, 5.41) is 9.36. The average molecular weight is 260 g/mol. The van der Waals surface area contributed by atoms with E-state index in [1.54, 1.807) is 11.3 Å². The van der Waals surface area contributed by atoms with E-state index in [9.17, 15) is 4.79 Å². The van der Waals surface area contributed by atoms with E-state index in [0.717, 1.165) is 18.2 Å². The van der Waals surface area contributed by atoms with Gasteiger partial charge in [0.1, 0.15) is 0 Å². The van der Waals surface area contributed by atoms with Crippen molar-refractivity contribution in [3.8, 4) is 0 Å². The van der Waals surface area contributed by atoms with Gasteiger partial charge in [0, 0.05) is 10.4 Å². The van der Waals surface area contributed by atoms with Crippen LogP contribution in [-0.4, -0.2) is 19.0 Å². The molecule has 0 bridgehead atoms. The third-order valence-electron chi connectivity index (χ3n) is 3.15. The summed E-state index contributed by atoms with van der Waals surface area (Å²) in [4.78, 5) is 11.7. The van der Waals surface area contributed by atoms with Gasteiger partial charge in [-0.2, -0.15) is 0 Å². The third-order valence-corrected chi connectivity index (χ3v) is 4.05. The molecule has 1 aromatic heterocycles. The Bertz CT molecular complexity index is 560. The van der Waals surface area contributed by atoms with Crippen LogP contribution in [0.25, 0.3) is 10.1 Å². The number of amides is 1. The van der Waals surface area contributed by atoms with Crippen LogP contribution in [0.15, 0.2) is 29.6 Å². The zero-order chi connectivity index (χ0) is 12.4. The van der Waals surface area contributed by atoms with Crippen molar-refractivity contribution >= 4 is 33.0 Å². The molecule has 1 amide bonds. The predicted molar refractivity (Wildman–Crippen MR) is 76.0 cm³/mol. The highest BCUT2D eigenvalue weighted by molar-refractivity contribution is 7.17. The van der Waals surface area contributed by atoms with Gasteiger partial charge < -0.3 is 10.6 Å². The smallest absolute Gasteiger partial charge is 0.238 e. The van der Waals surface area contributed by atoms with Gasteiger partial charge in [0.05, 0.1) is 6.54 Å². The molecular formula is C14H16N2OS. The quantitative estimate of drug-likeness (QED) is 0.868. The predicted octanol–water partition coefficient (Wildman–Crippen LogP) is 2.84. The third kappa shape index (κ3) is 2.89. The Kier molecular flexibility index (Phi) is 3.30. The van der Waals surface area contributed by atoms with E-state index in [4.69, 9.17) is 0 Å². The van der Waals surface area contributed by atoms with Crippen LogP contribution in [0.4, 0.5) is 5.69 Å². The van der Waals surface area contributed by atoms with Crippen LogP contribution in [-0.2, 0) is 4.79 Å². The van der Waals surface area contributed by atoms with Crippen LogP contribution in [0, 0.1) is 5.92 Å². The lowest BCUT2D eigenvalue weighted by atomic mass is 10.2. The summed E-state index contributed by atoms with van der Waals surface area (Å²) in [5.74, 6) is 0.838. The monoisotopic (exact) mass is 260 g/mol. The number of fused-ring (bicyclic) bond motifs is 1. The zero-order valence-corrected chi connectivity index (χ0v) is 10.9. The lowest BCUT2D eigenvalue weighted by Crippen LogP contribution is -2.29. The van der Waals surface area contributed by atoms with E-state index in [1.807, 2.05) is 18.2 Å². The SMILES string of the molecule is O=C(CNCC1CC1)Nc1ccc2sccc2c1. The maximum absolute atomic E-state index is 11.7. The second-order valence-electron chi connectivity index (χ2n) is 4.80. The van der Waals surface area contributed by atoms with Crippen molar-refractivity contribution in [3.63, 3.8) is 0 Å². The topological polar surface area (TPSA) is 41.1 Å². The average Bonchev–Trinajstić information content (AvgIpc) is 3.06. The molecule has 94 valence electrons. The Balaban J connectivity index is 1.55. The highest BCUT2D eigenvalue weighted by Gasteiger charge is 2.20. The fourth-order valence-corrected chi connectivity index (χ4v) is 2.73. The number of hydrogen-bond donors (Lipinski definition) is 2. The first kappa shape index (κ1) is 11.7. The lowest BCUT2D eigenvalue weighted by molar-refractivity contribution is -0.115. The molecule has 18 heavy (non-hydrogen) atoms. The molecule has 1 heterocycles. The normalized spacial score (nSPS) is 14.9.